The van der Waals surface area contributed by atoms with E-state index in [1.54, 1.807) is 25.3 Å². The summed E-state index contributed by atoms with van der Waals surface area (Å²) in [6, 6.07) is 4.30. The van der Waals surface area contributed by atoms with Crippen molar-refractivity contribution < 1.29 is 13.2 Å². The first-order valence-electron chi connectivity index (χ1n) is 7.04. The van der Waals surface area contributed by atoms with Crippen LogP contribution in [0.4, 0.5) is 10.5 Å². The first-order valence-corrected chi connectivity index (χ1v) is 8.93. The third-order valence-electron chi connectivity index (χ3n) is 3.14. The van der Waals surface area contributed by atoms with E-state index in [1.807, 2.05) is 6.92 Å². The maximum absolute atomic E-state index is 11.9. The maximum atomic E-state index is 11.9. The van der Waals surface area contributed by atoms with Gasteiger partial charge in [-0.05, 0) is 31.5 Å². The molecule has 0 bridgehead atoms. The molecule has 2 aromatic rings. The number of aromatic nitrogens is 3. The molecule has 0 saturated carbocycles. The quantitative estimate of drug-likeness (QED) is 0.856. The zero-order chi connectivity index (χ0) is 17.0. The fourth-order valence-corrected chi connectivity index (χ4v) is 2.98. The Bertz CT molecular complexity index is 814. The molecule has 0 aliphatic rings. The van der Waals surface area contributed by atoms with Gasteiger partial charge in [-0.25, -0.2) is 13.2 Å². The molecule has 8 nitrogen and oxygen atoms in total. The van der Waals surface area contributed by atoms with E-state index in [-0.39, 0.29) is 11.4 Å². The second-order valence-electron chi connectivity index (χ2n) is 5.08. The highest BCUT2D eigenvalue weighted by atomic mass is 32.2. The van der Waals surface area contributed by atoms with Gasteiger partial charge in [0.15, 0.2) is 9.84 Å². The van der Waals surface area contributed by atoms with Gasteiger partial charge in [-0.15, -0.1) is 0 Å². The van der Waals surface area contributed by atoms with E-state index in [9.17, 15) is 13.2 Å². The van der Waals surface area contributed by atoms with Gasteiger partial charge in [0, 0.05) is 11.9 Å². The van der Waals surface area contributed by atoms with Crippen LogP contribution in [0.25, 0.3) is 0 Å². The number of amides is 2. The molecule has 0 aliphatic heterocycles. The average molecular weight is 337 g/mol. The van der Waals surface area contributed by atoms with E-state index >= 15 is 0 Å². The zero-order valence-electron chi connectivity index (χ0n) is 13.2. The zero-order valence-corrected chi connectivity index (χ0v) is 14.0. The predicted molar refractivity (Wildman–Crippen MR) is 85.8 cm³/mol. The van der Waals surface area contributed by atoms with E-state index in [0.29, 0.717) is 23.5 Å². The van der Waals surface area contributed by atoms with E-state index in [2.05, 4.69) is 20.8 Å². The SMILES string of the molecule is CCn1ncc(CNC(=O)Nc2ccc(C)c(S(C)(=O)=O)c2)n1. The van der Waals surface area contributed by atoms with E-state index in [4.69, 9.17) is 0 Å². The van der Waals surface area contributed by atoms with Crippen LogP contribution in [0.15, 0.2) is 29.3 Å². The molecule has 9 heteroatoms. The molecule has 1 aromatic carbocycles. The summed E-state index contributed by atoms with van der Waals surface area (Å²) >= 11 is 0. The van der Waals surface area contributed by atoms with Crippen molar-refractivity contribution in [3.05, 3.63) is 35.7 Å². The lowest BCUT2D eigenvalue weighted by Gasteiger charge is -2.09. The Morgan fingerprint density at radius 2 is 2.09 bits per heavy atom. The molecular formula is C14H19N5O3S. The minimum absolute atomic E-state index is 0.196. The molecule has 0 atom stereocenters. The van der Waals surface area contributed by atoms with Crippen LogP contribution in [0.2, 0.25) is 0 Å². The lowest BCUT2D eigenvalue weighted by Crippen LogP contribution is -2.28. The van der Waals surface area contributed by atoms with Crippen LogP contribution in [0, 0.1) is 6.92 Å². The standard InChI is InChI=1S/C14H19N5O3S/c1-4-19-16-9-12(18-19)8-15-14(20)17-11-6-5-10(2)13(7-11)23(3,21)22/h5-7,9H,4,8H2,1-3H3,(H2,15,17,20). The fourth-order valence-electron chi connectivity index (χ4n) is 1.99. The van der Waals surface area contributed by atoms with Crippen LogP contribution in [0.1, 0.15) is 18.2 Å². The summed E-state index contributed by atoms with van der Waals surface area (Å²) in [5, 5.41) is 13.4. The number of hydrogen-bond donors (Lipinski definition) is 2. The van der Waals surface area contributed by atoms with Gasteiger partial charge in [0.05, 0.1) is 24.2 Å². The molecule has 2 N–H and O–H groups in total. The van der Waals surface area contributed by atoms with E-state index in [1.165, 1.54) is 10.9 Å². The highest BCUT2D eigenvalue weighted by Gasteiger charge is 2.12. The van der Waals surface area contributed by atoms with Crippen molar-refractivity contribution in [3.63, 3.8) is 0 Å². The highest BCUT2D eigenvalue weighted by Crippen LogP contribution is 2.19. The summed E-state index contributed by atoms with van der Waals surface area (Å²) in [5.74, 6) is 0. The molecule has 0 radical (unpaired) electrons. The predicted octanol–water partition coefficient (Wildman–Crippen LogP) is 1.33. The van der Waals surface area contributed by atoms with Gasteiger partial charge in [0.1, 0.15) is 5.69 Å². The number of rotatable bonds is 5. The van der Waals surface area contributed by atoms with Crippen molar-refractivity contribution in [3.8, 4) is 0 Å². The largest absolute Gasteiger partial charge is 0.332 e. The number of sulfone groups is 1. The Morgan fingerprint density at radius 3 is 2.70 bits per heavy atom. The number of carbonyl (C=O) groups excluding carboxylic acids is 1. The second kappa shape index (κ2) is 6.78. The summed E-state index contributed by atoms with van der Waals surface area (Å²) < 4.78 is 23.4. The topological polar surface area (TPSA) is 106 Å². The average Bonchev–Trinajstić information content (AvgIpc) is 2.94. The second-order valence-corrected chi connectivity index (χ2v) is 7.07. The normalized spacial score (nSPS) is 11.3. The molecule has 2 rings (SSSR count). The first kappa shape index (κ1) is 16.9. The number of nitrogens with zero attached hydrogens (tertiary/aromatic N) is 3. The van der Waals surface area contributed by atoms with Gasteiger partial charge in [0.25, 0.3) is 0 Å². The third-order valence-corrected chi connectivity index (χ3v) is 4.38. The molecule has 2 amide bonds. The highest BCUT2D eigenvalue weighted by molar-refractivity contribution is 7.90. The van der Waals surface area contributed by atoms with Crippen molar-refractivity contribution in [2.75, 3.05) is 11.6 Å². The number of benzene rings is 1. The molecule has 0 fully saturated rings. The van der Waals surface area contributed by atoms with Crippen LogP contribution in [0.3, 0.4) is 0 Å². The number of anilines is 1. The Labute approximate surface area is 134 Å². The smallest absolute Gasteiger partial charge is 0.319 e. The van der Waals surface area contributed by atoms with Crippen LogP contribution >= 0.6 is 0 Å². The maximum Gasteiger partial charge on any atom is 0.319 e. The van der Waals surface area contributed by atoms with Crippen LogP contribution in [-0.4, -0.2) is 35.7 Å². The minimum atomic E-state index is -3.34. The molecule has 124 valence electrons. The third kappa shape index (κ3) is 4.52. The molecule has 0 unspecified atom stereocenters. The van der Waals surface area contributed by atoms with Crippen molar-refractivity contribution in [2.24, 2.45) is 0 Å². The summed E-state index contributed by atoms with van der Waals surface area (Å²) in [6.07, 6.45) is 2.72. The number of urea groups is 1. The minimum Gasteiger partial charge on any atom is -0.332 e. The lowest BCUT2D eigenvalue weighted by molar-refractivity contribution is 0.251. The van der Waals surface area contributed by atoms with E-state index < -0.39 is 15.9 Å². The molecule has 0 aliphatic carbocycles. The van der Waals surface area contributed by atoms with Gasteiger partial charge < -0.3 is 10.6 Å². The summed E-state index contributed by atoms with van der Waals surface area (Å²) in [5.41, 5.74) is 1.68. The van der Waals surface area contributed by atoms with Crippen molar-refractivity contribution >= 4 is 21.6 Å². The Balaban J connectivity index is 2.00. The Hall–Kier alpha value is -2.42. The number of carbonyl (C=O) groups is 1. The van der Waals surface area contributed by atoms with Gasteiger partial charge in [-0.2, -0.15) is 15.0 Å². The Kier molecular flexibility index (Phi) is 4.99. The van der Waals surface area contributed by atoms with Crippen molar-refractivity contribution in [1.29, 1.82) is 0 Å². The lowest BCUT2D eigenvalue weighted by atomic mass is 10.2. The molecule has 0 saturated heterocycles. The van der Waals surface area contributed by atoms with Crippen molar-refractivity contribution in [1.82, 2.24) is 20.3 Å². The Morgan fingerprint density at radius 1 is 1.35 bits per heavy atom. The summed E-state index contributed by atoms with van der Waals surface area (Å²) in [6.45, 7) is 4.51. The van der Waals surface area contributed by atoms with E-state index in [0.717, 1.165) is 6.26 Å². The summed E-state index contributed by atoms with van der Waals surface area (Å²) in [4.78, 5) is 13.6. The molecule has 0 spiro atoms. The van der Waals surface area contributed by atoms with Gasteiger partial charge in [-0.3, -0.25) is 0 Å². The molecule has 1 heterocycles. The number of hydrogen-bond acceptors (Lipinski definition) is 5. The van der Waals surface area contributed by atoms with Crippen molar-refractivity contribution in [2.45, 2.75) is 31.8 Å². The first-order chi connectivity index (χ1) is 10.8. The van der Waals surface area contributed by atoms with Crippen LogP contribution in [-0.2, 0) is 22.9 Å². The fraction of sp³-hybridized carbons (Fsp3) is 0.357. The number of nitrogens with one attached hydrogen (secondary N) is 2. The molecule has 1 aromatic heterocycles. The molecule has 23 heavy (non-hydrogen) atoms. The monoisotopic (exact) mass is 337 g/mol. The van der Waals surface area contributed by atoms with Gasteiger partial charge >= 0.3 is 6.03 Å². The number of aryl methyl sites for hydroxylation is 2. The molecular weight excluding hydrogens is 318 g/mol. The van der Waals surface area contributed by atoms with Gasteiger partial charge in [-0.1, -0.05) is 6.07 Å². The summed E-state index contributed by atoms with van der Waals surface area (Å²) in [7, 11) is -3.34. The van der Waals surface area contributed by atoms with Crippen LogP contribution in [0.5, 0.6) is 0 Å². The van der Waals surface area contributed by atoms with Crippen LogP contribution < -0.4 is 10.6 Å². The van der Waals surface area contributed by atoms with Gasteiger partial charge in [0.2, 0.25) is 0 Å².